The zero-order valence-corrected chi connectivity index (χ0v) is 13.3. The number of aromatic nitrogens is 4. The van der Waals surface area contributed by atoms with Crippen LogP contribution in [-0.2, 0) is 6.54 Å². The summed E-state index contributed by atoms with van der Waals surface area (Å²) >= 11 is 0. The highest BCUT2D eigenvalue weighted by atomic mass is 19.1. The van der Waals surface area contributed by atoms with Gasteiger partial charge < -0.3 is 5.32 Å². The first-order valence-corrected chi connectivity index (χ1v) is 7.79. The Labute approximate surface area is 133 Å². The monoisotopic (exact) mass is 320 g/mol. The molecule has 2 heterocycles. The third-order valence-electron chi connectivity index (χ3n) is 4.06. The van der Waals surface area contributed by atoms with E-state index in [4.69, 9.17) is 0 Å². The second kappa shape index (κ2) is 6.39. The van der Waals surface area contributed by atoms with Crippen molar-refractivity contribution >= 4 is 17.5 Å². The SMILES string of the molecule is Cc1cc(NC(=O)Nc2cnn(CCF)c2)nn1C(C)C1CC1. The maximum Gasteiger partial charge on any atom is 0.324 e. The van der Waals surface area contributed by atoms with Crippen molar-refractivity contribution in [1.82, 2.24) is 19.6 Å². The number of rotatable bonds is 6. The number of nitrogens with zero attached hydrogens (tertiary/aromatic N) is 4. The van der Waals surface area contributed by atoms with Crippen molar-refractivity contribution in [3.8, 4) is 0 Å². The summed E-state index contributed by atoms with van der Waals surface area (Å²) in [5, 5.41) is 13.8. The molecule has 0 aromatic carbocycles. The van der Waals surface area contributed by atoms with Crippen molar-refractivity contribution in [2.24, 2.45) is 5.92 Å². The quantitative estimate of drug-likeness (QED) is 0.859. The Morgan fingerprint density at radius 3 is 2.96 bits per heavy atom. The van der Waals surface area contributed by atoms with Gasteiger partial charge in [-0.15, -0.1) is 0 Å². The molecule has 0 spiro atoms. The Kier molecular flexibility index (Phi) is 4.31. The van der Waals surface area contributed by atoms with Gasteiger partial charge in [0.25, 0.3) is 0 Å². The predicted molar refractivity (Wildman–Crippen MR) is 85.2 cm³/mol. The van der Waals surface area contributed by atoms with Crippen molar-refractivity contribution in [1.29, 1.82) is 0 Å². The second-order valence-corrected chi connectivity index (χ2v) is 5.95. The van der Waals surface area contributed by atoms with E-state index in [0.717, 1.165) is 5.69 Å². The second-order valence-electron chi connectivity index (χ2n) is 5.95. The van der Waals surface area contributed by atoms with Crippen LogP contribution in [0.15, 0.2) is 18.5 Å². The molecule has 124 valence electrons. The number of anilines is 2. The summed E-state index contributed by atoms with van der Waals surface area (Å²) < 4.78 is 15.6. The lowest BCUT2D eigenvalue weighted by atomic mass is 10.2. The Balaban J connectivity index is 1.59. The maximum atomic E-state index is 12.2. The van der Waals surface area contributed by atoms with E-state index in [1.54, 1.807) is 6.20 Å². The first kappa shape index (κ1) is 15.5. The maximum absolute atomic E-state index is 12.2. The van der Waals surface area contributed by atoms with Crippen LogP contribution < -0.4 is 10.6 Å². The van der Waals surface area contributed by atoms with E-state index >= 15 is 0 Å². The standard InChI is InChI=1S/C15H21FN6O/c1-10-7-14(20-22(10)11(2)12-3-4-12)19-15(23)18-13-8-17-21(9-13)6-5-16/h7-9,11-12H,3-6H2,1-2H3,(H2,18,19,20,23). The van der Waals surface area contributed by atoms with Crippen LogP contribution in [0, 0.1) is 12.8 Å². The molecule has 2 aromatic heterocycles. The topological polar surface area (TPSA) is 76.8 Å². The summed E-state index contributed by atoms with van der Waals surface area (Å²) in [6.45, 7) is 3.81. The molecular weight excluding hydrogens is 299 g/mol. The van der Waals surface area contributed by atoms with Gasteiger partial charge in [0.05, 0.1) is 24.5 Å². The highest BCUT2D eigenvalue weighted by molar-refractivity contribution is 5.98. The summed E-state index contributed by atoms with van der Waals surface area (Å²) in [4.78, 5) is 12.0. The fraction of sp³-hybridized carbons (Fsp3) is 0.533. The van der Waals surface area contributed by atoms with E-state index in [2.05, 4.69) is 27.8 Å². The molecule has 2 aromatic rings. The Bertz CT molecular complexity index is 690. The number of hydrogen-bond donors (Lipinski definition) is 2. The van der Waals surface area contributed by atoms with E-state index < -0.39 is 12.7 Å². The van der Waals surface area contributed by atoms with E-state index in [-0.39, 0.29) is 6.54 Å². The van der Waals surface area contributed by atoms with E-state index in [9.17, 15) is 9.18 Å². The lowest BCUT2D eigenvalue weighted by Gasteiger charge is -2.12. The normalized spacial score (nSPS) is 15.4. The highest BCUT2D eigenvalue weighted by Crippen LogP contribution is 2.39. The fourth-order valence-electron chi connectivity index (χ4n) is 2.66. The number of carbonyl (C=O) groups is 1. The van der Waals surface area contributed by atoms with Gasteiger partial charge in [0, 0.05) is 18.0 Å². The number of alkyl halides is 1. The van der Waals surface area contributed by atoms with Crippen LogP contribution in [0.3, 0.4) is 0 Å². The molecule has 0 bridgehead atoms. The van der Waals surface area contributed by atoms with Crippen molar-refractivity contribution < 1.29 is 9.18 Å². The van der Waals surface area contributed by atoms with Gasteiger partial charge in [-0.3, -0.25) is 14.7 Å². The molecule has 1 fully saturated rings. The molecule has 8 heteroatoms. The van der Waals surface area contributed by atoms with Crippen molar-refractivity contribution in [3.63, 3.8) is 0 Å². The molecule has 1 saturated carbocycles. The van der Waals surface area contributed by atoms with Gasteiger partial charge in [0.2, 0.25) is 0 Å². The number of aryl methyl sites for hydroxylation is 2. The average Bonchev–Trinajstić information content (AvgIpc) is 3.17. The Morgan fingerprint density at radius 1 is 1.48 bits per heavy atom. The van der Waals surface area contributed by atoms with Gasteiger partial charge in [0.1, 0.15) is 6.67 Å². The van der Waals surface area contributed by atoms with Crippen LogP contribution >= 0.6 is 0 Å². The van der Waals surface area contributed by atoms with E-state index in [0.29, 0.717) is 23.5 Å². The van der Waals surface area contributed by atoms with Gasteiger partial charge in [0.15, 0.2) is 5.82 Å². The number of carbonyl (C=O) groups excluding carboxylic acids is 1. The van der Waals surface area contributed by atoms with Crippen molar-refractivity contribution in [2.45, 2.75) is 39.3 Å². The zero-order valence-electron chi connectivity index (χ0n) is 13.3. The number of amides is 2. The molecule has 0 saturated heterocycles. The van der Waals surface area contributed by atoms with Crippen LogP contribution in [-0.4, -0.2) is 32.3 Å². The van der Waals surface area contributed by atoms with Gasteiger partial charge in [-0.1, -0.05) is 0 Å². The van der Waals surface area contributed by atoms with E-state index in [1.165, 1.54) is 23.7 Å². The average molecular weight is 320 g/mol. The third kappa shape index (κ3) is 3.69. The van der Waals surface area contributed by atoms with Crippen molar-refractivity contribution in [3.05, 3.63) is 24.2 Å². The number of hydrogen-bond acceptors (Lipinski definition) is 3. The largest absolute Gasteiger partial charge is 0.324 e. The van der Waals surface area contributed by atoms with Crippen LogP contribution in [0.2, 0.25) is 0 Å². The first-order valence-electron chi connectivity index (χ1n) is 7.79. The molecule has 1 aliphatic carbocycles. The van der Waals surface area contributed by atoms with Crippen LogP contribution in [0.25, 0.3) is 0 Å². The van der Waals surface area contributed by atoms with Crippen molar-refractivity contribution in [2.75, 3.05) is 17.3 Å². The fourth-order valence-corrected chi connectivity index (χ4v) is 2.66. The molecule has 1 aliphatic rings. The smallest absolute Gasteiger partial charge is 0.305 e. The molecule has 2 N–H and O–H groups in total. The molecular formula is C15H21FN6O. The summed E-state index contributed by atoms with van der Waals surface area (Å²) in [5.74, 6) is 1.21. The van der Waals surface area contributed by atoms with Gasteiger partial charge in [-0.05, 0) is 32.6 Å². The molecule has 2 amide bonds. The molecule has 7 nitrogen and oxygen atoms in total. The number of halogens is 1. The van der Waals surface area contributed by atoms with E-state index in [1.807, 2.05) is 17.7 Å². The molecule has 1 atom stereocenters. The van der Waals surface area contributed by atoms with Crippen LogP contribution in [0.5, 0.6) is 0 Å². The molecule has 0 radical (unpaired) electrons. The minimum atomic E-state index is -0.497. The summed E-state index contributed by atoms with van der Waals surface area (Å²) in [5.41, 5.74) is 1.54. The first-order chi connectivity index (χ1) is 11.1. The Morgan fingerprint density at radius 2 is 2.26 bits per heavy atom. The lowest BCUT2D eigenvalue weighted by Crippen LogP contribution is -2.20. The van der Waals surface area contributed by atoms with Gasteiger partial charge in [-0.2, -0.15) is 10.2 Å². The predicted octanol–water partition coefficient (Wildman–Crippen LogP) is 2.97. The van der Waals surface area contributed by atoms with Crippen LogP contribution in [0.1, 0.15) is 31.5 Å². The lowest BCUT2D eigenvalue weighted by molar-refractivity contribution is 0.262. The van der Waals surface area contributed by atoms with Gasteiger partial charge in [-0.25, -0.2) is 9.18 Å². The summed E-state index contributed by atoms with van der Waals surface area (Å²) in [7, 11) is 0. The summed E-state index contributed by atoms with van der Waals surface area (Å²) in [6, 6.07) is 1.81. The molecule has 3 rings (SSSR count). The zero-order chi connectivity index (χ0) is 16.4. The molecule has 0 aliphatic heterocycles. The molecule has 23 heavy (non-hydrogen) atoms. The van der Waals surface area contributed by atoms with Crippen LogP contribution in [0.4, 0.5) is 20.7 Å². The van der Waals surface area contributed by atoms with Gasteiger partial charge >= 0.3 is 6.03 Å². The summed E-state index contributed by atoms with van der Waals surface area (Å²) in [6.07, 6.45) is 5.55. The number of urea groups is 1. The Hall–Kier alpha value is -2.38. The third-order valence-corrected chi connectivity index (χ3v) is 4.06. The molecule has 1 unspecified atom stereocenters. The minimum Gasteiger partial charge on any atom is -0.305 e. The highest BCUT2D eigenvalue weighted by Gasteiger charge is 2.30. The minimum absolute atomic E-state index is 0.173. The number of nitrogens with one attached hydrogen (secondary N) is 2.